The van der Waals surface area contributed by atoms with Crippen LogP contribution in [0.5, 0.6) is 0 Å². The smallest absolute Gasteiger partial charge is 0.251 e. The number of rotatable bonds is 3. The number of benzene rings is 1. The molecule has 0 heterocycles. The molecule has 4 aliphatic carbocycles. The summed E-state index contributed by atoms with van der Waals surface area (Å²) in [6, 6.07) is 7.05. The van der Waals surface area contributed by atoms with E-state index in [0.717, 1.165) is 25.2 Å². The Morgan fingerprint density at radius 1 is 0.917 bits per heavy atom. The van der Waals surface area contributed by atoms with Gasteiger partial charge in [0.15, 0.2) is 5.78 Å². The summed E-state index contributed by atoms with van der Waals surface area (Å²) >= 11 is 0. The van der Waals surface area contributed by atoms with Gasteiger partial charge in [-0.1, -0.05) is 26.0 Å². The Labute approximate surface area is 144 Å². The molecular formula is C21H27NO2. The van der Waals surface area contributed by atoms with Crippen LogP contribution in [0.4, 0.5) is 0 Å². The molecule has 3 heteroatoms. The first-order valence-electron chi connectivity index (χ1n) is 9.14. The highest BCUT2D eigenvalue weighted by Gasteiger charge is 2.60. The lowest BCUT2D eigenvalue weighted by Gasteiger charge is -2.65. The van der Waals surface area contributed by atoms with Crippen molar-refractivity contribution in [3.63, 3.8) is 0 Å². The quantitative estimate of drug-likeness (QED) is 0.839. The summed E-state index contributed by atoms with van der Waals surface area (Å²) in [6.45, 7) is 6.38. The molecule has 0 aliphatic heterocycles. The monoisotopic (exact) mass is 325 g/mol. The third-order valence-corrected chi connectivity index (χ3v) is 6.56. The van der Waals surface area contributed by atoms with Crippen molar-refractivity contribution < 1.29 is 9.59 Å². The maximum absolute atomic E-state index is 12.8. The molecule has 0 aromatic heterocycles. The van der Waals surface area contributed by atoms with Gasteiger partial charge in [-0.2, -0.15) is 0 Å². The van der Waals surface area contributed by atoms with Crippen LogP contribution in [0.1, 0.15) is 80.0 Å². The predicted octanol–water partition coefficient (Wildman–Crippen LogP) is 4.37. The average molecular weight is 325 g/mol. The highest BCUT2D eigenvalue weighted by atomic mass is 16.2. The maximum atomic E-state index is 12.8. The third kappa shape index (κ3) is 2.58. The molecule has 0 radical (unpaired) electrons. The van der Waals surface area contributed by atoms with Gasteiger partial charge >= 0.3 is 0 Å². The lowest BCUT2D eigenvalue weighted by Crippen LogP contribution is -2.65. The van der Waals surface area contributed by atoms with E-state index in [1.807, 2.05) is 0 Å². The second-order valence-corrected chi connectivity index (χ2v) is 9.50. The molecule has 1 amide bonds. The number of carbonyl (C=O) groups is 2. The zero-order chi connectivity index (χ0) is 17.2. The Kier molecular flexibility index (Phi) is 3.26. The molecule has 24 heavy (non-hydrogen) atoms. The highest BCUT2D eigenvalue weighted by molar-refractivity contribution is 5.98. The fraction of sp³-hybridized carbons (Fsp3) is 0.619. The minimum atomic E-state index is -0.0285. The first kappa shape index (κ1) is 15.9. The van der Waals surface area contributed by atoms with Crippen LogP contribution in [0.15, 0.2) is 24.3 Å². The Morgan fingerprint density at radius 3 is 1.96 bits per heavy atom. The fourth-order valence-corrected chi connectivity index (χ4v) is 6.76. The first-order chi connectivity index (χ1) is 11.2. The van der Waals surface area contributed by atoms with Gasteiger partial charge in [0.05, 0.1) is 0 Å². The molecule has 2 atom stereocenters. The predicted molar refractivity (Wildman–Crippen MR) is 94.0 cm³/mol. The molecule has 0 spiro atoms. The second-order valence-electron chi connectivity index (χ2n) is 9.50. The van der Waals surface area contributed by atoms with Gasteiger partial charge in [0, 0.05) is 16.7 Å². The Balaban J connectivity index is 1.56. The van der Waals surface area contributed by atoms with Gasteiger partial charge in [-0.15, -0.1) is 0 Å². The molecule has 4 fully saturated rings. The van der Waals surface area contributed by atoms with Crippen LogP contribution in [-0.4, -0.2) is 17.2 Å². The van der Waals surface area contributed by atoms with Crippen LogP contribution in [0.2, 0.25) is 0 Å². The molecule has 4 bridgehead atoms. The molecule has 4 aliphatic rings. The van der Waals surface area contributed by atoms with Crippen LogP contribution in [-0.2, 0) is 0 Å². The van der Waals surface area contributed by atoms with Crippen LogP contribution in [0, 0.1) is 16.7 Å². The standard InChI is InChI=1S/C21H27NO2/c1-14(23)16-4-6-17(7-5-16)18(24)22-21-10-15-8-19(2,12-21)11-20(3,9-15)13-21/h4-7,15H,8-13H2,1-3H3,(H,22,24)/t15?,19-,20-,21?/m0/s1. The molecule has 4 saturated carbocycles. The molecule has 0 saturated heterocycles. The van der Waals surface area contributed by atoms with E-state index in [1.54, 1.807) is 31.2 Å². The van der Waals surface area contributed by atoms with Crippen molar-refractivity contribution in [1.82, 2.24) is 5.32 Å². The maximum Gasteiger partial charge on any atom is 0.251 e. The average Bonchev–Trinajstić information content (AvgIpc) is 2.42. The van der Waals surface area contributed by atoms with Crippen molar-refractivity contribution in [1.29, 1.82) is 0 Å². The number of nitrogens with one attached hydrogen (secondary N) is 1. The van der Waals surface area contributed by atoms with Crippen molar-refractivity contribution in [2.24, 2.45) is 16.7 Å². The van der Waals surface area contributed by atoms with Gasteiger partial charge in [0.25, 0.3) is 5.91 Å². The highest BCUT2D eigenvalue weighted by Crippen LogP contribution is 2.66. The number of hydrogen-bond donors (Lipinski definition) is 1. The first-order valence-corrected chi connectivity index (χ1v) is 9.14. The van der Waals surface area contributed by atoms with E-state index in [1.165, 1.54) is 19.3 Å². The summed E-state index contributed by atoms with van der Waals surface area (Å²) in [7, 11) is 0. The summed E-state index contributed by atoms with van der Waals surface area (Å²) < 4.78 is 0. The molecular weight excluding hydrogens is 298 g/mol. The molecule has 1 N–H and O–H groups in total. The normalized spacial score (nSPS) is 39.7. The van der Waals surface area contributed by atoms with Crippen molar-refractivity contribution in [2.75, 3.05) is 0 Å². The van der Waals surface area contributed by atoms with E-state index >= 15 is 0 Å². The number of Topliss-reactive ketones (excluding diaryl/α,β-unsaturated/α-hetero) is 1. The van der Waals surface area contributed by atoms with Crippen molar-refractivity contribution in [3.05, 3.63) is 35.4 Å². The molecule has 1 aromatic carbocycles. The molecule has 0 unspecified atom stereocenters. The van der Waals surface area contributed by atoms with E-state index in [0.29, 0.717) is 22.0 Å². The molecule has 1 aromatic rings. The second kappa shape index (κ2) is 4.93. The van der Waals surface area contributed by atoms with Gasteiger partial charge in [-0.05, 0) is 74.3 Å². The van der Waals surface area contributed by atoms with Crippen LogP contribution in [0.3, 0.4) is 0 Å². The summed E-state index contributed by atoms with van der Waals surface area (Å²) in [5.41, 5.74) is 2.06. The van der Waals surface area contributed by atoms with Crippen LogP contribution in [0.25, 0.3) is 0 Å². The van der Waals surface area contributed by atoms with Gasteiger partial charge in [0.1, 0.15) is 0 Å². The van der Waals surface area contributed by atoms with E-state index in [4.69, 9.17) is 0 Å². The summed E-state index contributed by atoms with van der Waals surface area (Å²) in [4.78, 5) is 24.2. The van der Waals surface area contributed by atoms with Gasteiger partial charge in [-0.3, -0.25) is 9.59 Å². The van der Waals surface area contributed by atoms with Gasteiger partial charge in [0.2, 0.25) is 0 Å². The number of ketones is 1. The number of amides is 1. The Bertz CT molecular complexity index is 687. The largest absolute Gasteiger partial charge is 0.347 e. The van der Waals surface area contributed by atoms with Crippen molar-refractivity contribution >= 4 is 11.7 Å². The van der Waals surface area contributed by atoms with Crippen molar-refractivity contribution in [3.8, 4) is 0 Å². The topological polar surface area (TPSA) is 46.2 Å². The van der Waals surface area contributed by atoms with E-state index in [-0.39, 0.29) is 17.2 Å². The third-order valence-electron chi connectivity index (χ3n) is 6.56. The van der Waals surface area contributed by atoms with Crippen LogP contribution >= 0.6 is 0 Å². The molecule has 3 nitrogen and oxygen atoms in total. The zero-order valence-corrected chi connectivity index (χ0v) is 14.9. The lowest BCUT2D eigenvalue weighted by molar-refractivity contribution is -0.114. The van der Waals surface area contributed by atoms with E-state index in [2.05, 4.69) is 19.2 Å². The van der Waals surface area contributed by atoms with E-state index in [9.17, 15) is 9.59 Å². The van der Waals surface area contributed by atoms with Crippen LogP contribution < -0.4 is 5.32 Å². The minimum absolute atomic E-state index is 0.0132. The fourth-order valence-electron chi connectivity index (χ4n) is 6.76. The van der Waals surface area contributed by atoms with Gasteiger partial charge in [-0.25, -0.2) is 0 Å². The number of carbonyl (C=O) groups excluding carboxylic acids is 2. The van der Waals surface area contributed by atoms with E-state index < -0.39 is 0 Å². The Morgan fingerprint density at radius 2 is 1.46 bits per heavy atom. The summed E-state index contributed by atoms with van der Waals surface area (Å²) in [5.74, 6) is 0.805. The zero-order valence-electron chi connectivity index (χ0n) is 14.9. The lowest BCUT2D eigenvalue weighted by atomic mass is 9.43. The van der Waals surface area contributed by atoms with Gasteiger partial charge < -0.3 is 5.32 Å². The SMILES string of the molecule is CC(=O)c1ccc(C(=O)NC23CC4C[C@](C)(C2)C[C@](C)(C4)C3)cc1. The van der Waals surface area contributed by atoms with Crippen molar-refractivity contribution in [2.45, 2.75) is 64.8 Å². The summed E-state index contributed by atoms with van der Waals surface area (Å²) in [5, 5.41) is 3.42. The minimum Gasteiger partial charge on any atom is -0.347 e. The number of hydrogen-bond acceptors (Lipinski definition) is 2. The molecule has 128 valence electrons. The molecule has 5 rings (SSSR count). The Hall–Kier alpha value is -1.64. The summed E-state index contributed by atoms with van der Waals surface area (Å²) in [6.07, 6.45) is 7.32.